The van der Waals surface area contributed by atoms with E-state index >= 15 is 0 Å². The summed E-state index contributed by atoms with van der Waals surface area (Å²) < 4.78 is 0. The van der Waals surface area contributed by atoms with Crippen LogP contribution in [0.15, 0.2) is 73.1 Å². The summed E-state index contributed by atoms with van der Waals surface area (Å²) in [6.07, 6.45) is 3.50. The molecule has 6 nitrogen and oxygen atoms in total. The number of benzene rings is 2. The molecule has 0 spiro atoms. The van der Waals surface area contributed by atoms with Gasteiger partial charge in [0, 0.05) is 30.4 Å². The number of aryl methyl sites for hydroxylation is 1. The summed E-state index contributed by atoms with van der Waals surface area (Å²) in [5.41, 5.74) is 10.6. The first kappa shape index (κ1) is 18.8. The van der Waals surface area contributed by atoms with Crippen LogP contribution in [0, 0.1) is 12.8 Å². The molecule has 2 aliphatic heterocycles. The number of hydrogen-bond donors (Lipinski definition) is 3. The van der Waals surface area contributed by atoms with Crippen molar-refractivity contribution in [3.8, 4) is 5.75 Å². The molecule has 2 aliphatic rings. The number of hydrogen-bond acceptors (Lipinski definition) is 5. The highest BCUT2D eigenvalue weighted by Gasteiger charge is 2.55. The van der Waals surface area contributed by atoms with Crippen molar-refractivity contribution >= 4 is 5.91 Å². The Kier molecular flexibility index (Phi) is 4.73. The van der Waals surface area contributed by atoms with Crippen LogP contribution in [0.25, 0.3) is 0 Å². The van der Waals surface area contributed by atoms with E-state index < -0.39 is 0 Å². The zero-order valence-corrected chi connectivity index (χ0v) is 16.7. The summed E-state index contributed by atoms with van der Waals surface area (Å²) >= 11 is 0. The molecule has 0 bridgehead atoms. The van der Waals surface area contributed by atoms with Crippen molar-refractivity contribution in [3.05, 3.63) is 95.3 Å². The van der Waals surface area contributed by atoms with Gasteiger partial charge in [0.2, 0.25) is 5.91 Å². The molecule has 6 heteroatoms. The molecule has 1 amide bonds. The van der Waals surface area contributed by atoms with Gasteiger partial charge in [0.05, 0.1) is 12.1 Å². The predicted molar refractivity (Wildman–Crippen MR) is 113 cm³/mol. The van der Waals surface area contributed by atoms with E-state index in [1.807, 2.05) is 35.2 Å². The van der Waals surface area contributed by atoms with E-state index in [1.165, 1.54) is 5.56 Å². The predicted octanol–water partition coefficient (Wildman–Crippen LogP) is 3.01. The Morgan fingerprint density at radius 1 is 0.967 bits per heavy atom. The van der Waals surface area contributed by atoms with Crippen molar-refractivity contribution in [1.82, 2.24) is 20.7 Å². The third-order valence-corrected chi connectivity index (χ3v) is 6.21. The molecular weight excluding hydrogens is 376 g/mol. The van der Waals surface area contributed by atoms with Crippen LogP contribution in [-0.2, 0) is 11.3 Å². The summed E-state index contributed by atoms with van der Waals surface area (Å²) in [7, 11) is 0. The number of phenolic OH excluding ortho intramolecular Hbond substituents is 1. The van der Waals surface area contributed by atoms with Crippen molar-refractivity contribution in [2.45, 2.75) is 31.6 Å². The highest BCUT2D eigenvalue weighted by Crippen LogP contribution is 2.48. The van der Waals surface area contributed by atoms with Gasteiger partial charge < -0.3 is 10.0 Å². The molecule has 3 heterocycles. The minimum atomic E-state index is -0.359. The zero-order chi connectivity index (χ0) is 20.7. The number of likely N-dealkylation sites (tertiary alicyclic amines) is 1. The molecule has 3 aromatic rings. The first-order valence-electron chi connectivity index (χ1n) is 10.2. The molecular formula is C24H24N4O2. The van der Waals surface area contributed by atoms with Crippen molar-refractivity contribution in [2.75, 3.05) is 0 Å². The molecule has 2 aromatic carbocycles. The summed E-state index contributed by atoms with van der Waals surface area (Å²) in [4.78, 5) is 19.5. The van der Waals surface area contributed by atoms with Crippen LogP contribution in [0.2, 0.25) is 0 Å². The third-order valence-electron chi connectivity index (χ3n) is 6.21. The van der Waals surface area contributed by atoms with Gasteiger partial charge in [0.25, 0.3) is 0 Å². The number of aromatic hydroxyl groups is 1. The van der Waals surface area contributed by atoms with Gasteiger partial charge in [-0.1, -0.05) is 48.0 Å². The summed E-state index contributed by atoms with van der Waals surface area (Å²) in [6.45, 7) is 2.58. The number of fused-ring (bicyclic) bond motifs is 1. The second-order valence-corrected chi connectivity index (χ2v) is 8.06. The van der Waals surface area contributed by atoms with Crippen LogP contribution in [0.1, 0.15) is 34.3 Å². The van der Waals surface area contributed by atoms with Crippen LogP contribution in [0.5, 0.6) is 5.75 Å². The Labute approximate surface area is 175 Å². The number of carbonyl (C=O) groups excluding carboxylic acids is 1. The lowest BCUT2D eigenvalue weighted by Gasteiger charge is -2.31. The van der Waals surface area contributed by atoms with Crippen LogP contribution >= 0.6 is 0 Å². The van der Waals surface area contributed by atoms with E-state index in [1.54, 1.807) is 18.5 Å². The van der Waals surface area contributed by atoms with Gasteiger partial charge in [0.1, 0.15) is 11.8 Å². The Morgan fingerprint density at radius 3 is 2.40 bits per heavy atom. The van der Waals surface area contributed by atoms with E-state index in [-0.39, 0.29) is 35.7 Å². The highest BCUT2D eigenvalue weighted by molar-refractivity contribution is 5.86. The fourth-order valence-electron chi connectivity index (χ4n) is 4.74. The van der Waals surface area contributed by atoms with Gasteiger partial charge >= 0.3 is 0 Å². The van der Waals surface area contributed by atoms with Gasteiger partial charge in [-0.05, 0) is 36.2 Å². The fraction of sp³-hybridized carbons (Fsp3) is 0.250. The fourth-order valence-corrected chi connectivity index (χ4v) is 4.74. The van der Waals surface area contributed by atoms with E-state index in [4.69, 9.17) is 0 Å². The number of hydrazine groups is 1. The lowest BCUT2D eigenvalue weighted by atomic mass is 9.83. The standard InChI is InChI=1S/C24H24N4O2/c1-15-6-8-17(9-7-15)23-20-21(18-4-2-3-5-19(18)29)26-27-22(20)24(30)28(23)14-16-10-12-25-13-11-16/h2-13,20-23,26-27,29H,14H2,1H3. The second-order valence-electron chi connectivity index (χ2n) is 8.06. The van der Waals surface area contributed by atoms with Gasteiger partial charge in [-0.15, -0.1) is 0 Å². The van der Waals surface area contributed by atoms with Crippen molar-refractivity contribution in [1.29, 1.82) is 0 Å². The Morgan fingerprint density at radius 2 is 1.67 bits per heavy atom. The molecule has 30 heavy (non-hydrogen) atoms. The minimum Gasteiger partial charge on any atom is -0.508 e. The number of pyridine rings is 1. The van der Waals surface area contributed by atoms with Crippen molar-refractivity contribution in [3.63, 3.8) is 0 Å². The Bertz CT molecular complexity index is 1050. The first-order valence-corrected chi connectivity index (χ1v) is 10.2. The zero-order valence-electron chi connectivity index (χ0n) is 16.7. The second kappa shape index (κ2) is 7.55. The molecule has 3 N–H and O–H groups in total. The maximum Gasteiger partial charge on any atom is 0.242 e. The molecule has 152 valence electrons. The summed E-state index contributed by atoms with van der Waals surface area (Å²) in [5.74, 6) is 0.239. The number of nitrogens with zero attached hydrogens (tertiary/aromatic N) is 2. The smallest absolute Gasteiger partial charge is 0.242 e. The summed E-state index contributed by atoms with van der Waals surface area (Å²) in [6, 6.07) is 18.9. The lowest BCUT2D eigenvalue weighted by molar-refractivity contribution is -0.131. The number of carbonyl (C=O) groups is 1. The Hall–Kier alpha value is -3.22. The van der Waals surface area contributed by atoms with Crippen molar-refractivity contribution < 1.29 is 9.90 Å². The van der Waals surface area contributed by atoms with E-state index in [9.17, 15) is 9.90 Å². The third kappa shape index (κ3) is 3.14. The van der Waals surface area contributed by atoms with Crippen LogP contribution in [0.4, 0.5) is 0 Å². The Balaban J connectivity index is 1.58. The average Bonchev–Trinajstić information content (AvgIpc) is 3.30. The number of nitrogens with one attached hydrogen (secondary N) is 2. The number of rotatable bonds is 4. The maximum atomic E-state index is 13.4. The quantitative estimate of drug-likeness (QED) is 0.628. The molecule has 2 fully saturated rings. The van der Waals surface area contributed by atoms with Crippen molar-refractivity contribution in [2.24, 2.45) is 5.92 Å². The van der Waals surface area contributed by atoms with E-state index in [0.29, 0.717) is 6.54 Å². The molecule has 0 aliphatic carbocycles. The molecule has 5 rings (SSSR count). The molecule has 0 saturated carbocycles. The minimum absolute atomic E-state index is 0.0599. The van der Waals surface area contributed by atoms with Crippen LogP contribution < -0.4 is 10.9 Å². The van der Waals surface area contributed by atoms with E-state index in [0.717, 1.165) is 16.7 Å². The van der Waals surface area contributed by atoms with Crippen LogP contribution in [0.3, 0.4) is 0 Å². The first-order chi connectivity index (χ1) is 14.6. The highest BCUT2D eigenvalue weighted by atomic mass is 16.3. The molecule has 2 saturated heterocycles. The summed E-state index contributed by atoms with van der Waals surface area (Å²) in [5, 5.41) is 10.5. The molecule has 4 unspecified atom stereocenters. The maximum absolute atomic E-state index is 13.4. The van der Waals surface area contributed by atoms with Gasteiger partial charge in [-0.25, -0.2) is 10.9 Å². The number of amides is 1. The van der Waals surface area contributed by atoms with Gasteiger partial charge in [0.15, 0.2) is 0 Å². The largest absolute Gasteiger partial charge is 0.508 e. The topological polar surface area (TPSA) is 77.5 Å². The lowest BCUT2D eigenvalue weighted by Crippen LogP contribution is -2.41. The average molecular weight is 400 g/mol. The molecule has 4 atom stereocenters. The monoisotopic (exact) mass is 400 g/mol. The van der Waals surface area contributed by atoms with Gasteiger partial charge in [-0.3, -0.25) is 9.78 Å². The molecule has 1 aromatic heterocycles. The number of para-hydroxylation sites is 1. The van der Waals surface area contributed by atoms with Gasteiger partial charge in [-0.2, -0.15) is 0 Å². The SMILES string of the molecule is Cc1ccc(C2C3C(NNC3c3ccccc3O)C(=O)N2Cc2ccncc2)cc1. The van der Waals surface area contributed by atoms with E-state index in [2.05, 4.69) is 47.0 Å². The van der Waals surface area contributed by atoms with Crippen LogP contribution in [-0.4, -0.2) is 26.9 Å². The number of aromatic nitrogens is 1. The number of phenols is 1. The normalized spacial score (nSPS) is 25.5. The molecule has 0 radical (unpaired) electrons.